The van der Waals surface area contributed by atoms with Crippen LogP contribution in [-0.4, -0.2) is 41.8 Å². The number of anilines is 1. The van der Waals surface area contributed by atoms with Gasteiger partial charge in [-0.05, 0) is 42.0 Å². The molecular weight excluding hydrogens is 536 g/mol. The number of hydrogen-bond donors (Lipinski definition) is 2. The molecule has 5 aromatic rings. The highest BCUT2D eigenvalue weighted by Crippen LogP contribution is 2.21. The van der Waals surface area contributed by atoms with E-state index in [0.29, 0.717) is 27.8 Å². The lowest BCUT2D eigenvalue weighted by Crippen LogP contribution is -2.40. The van der Waals surface area contributed by atoms with Crippen LogP contribution in [0.25, 0.3) is 22.4 Å². The smallest absolute Gasteiger partial charge is 0.332 e. The van der Waals surface area contributed by atoms with Crippen LogP contribution in [0.2, 0.25) is 5.02 Å². The highest BCUT2D eigenvalue weighted by Gasteiger charge is 2.22. The van der Waals surface area contributed by atoms with Crippen LogP contribution in [0.5, 0.6) is 5.75 Å². The van der Waals surface area contributed by atoms with Crippen molar-refractivity contribution in [3.8, 4) is 17.0 Å². The van der Waals surface area contributed by atoms with Crippen molar-refractivity contribution in [3.63, 3.8) is 0 Å². The summed E-state index contributed by atoms with van der Waals surface area (Å²) in [6.45, 7) is -0.883. The molecule has 40 heavy (non-hydrogen) atoms. The number of aliphatic hydroxyl groups excluding tert-OH is 1. The van der Waals surface area contributed by atoms with Gasteiger partial charge in [0.1, 0.15) is 30.5 Å². The fourth-order valence-corrected chi connectivity index (χ4v) is 4.50. The van der Waals surface area contributed by atoms with Crippen LogP contribution in [0.15, 0.2) is 76.3 Å². The van der Waals surface area contributed by atoms with Crippen LogP contribution in [-0.2, 0) is 31.5 Å². The number of rotatable bonds is 8. The molecule has 1 amide bonds. The Kier molecular flexibility index (Phi) is 7.50. The molecule has 0 saturated carbocycles. The molecule has 0 radical (unpaired) electrons. The van der Waals surface area contributed by atoms with Gasteiger partial charge in [0, 0.05) is 17.6 Å². The fraction of sp³-hybridized carbons (Fsp3) is 0.179. The van der Waals surface area contributed by atoms with E-state index < -0.39 is 23.8 Å². The predicted molar refractivity (Wildman–Crippen MR) is 151 cm³/mol. The normalized spacial score (nSPS) is 11.1. The molecule has 0 atom stereocenters. The molecule has 0 unspecified atom stereocenters. The third-order valence-electron chi connectivity index (χ3n) is 6.41. The number of benzene rings is 2. The van der Waals surface area contributed by atoms with Crippen LogP contribution < -0.4 is 21.3 Å². The highest BCUT2D eigenvalue weighted by atomic mass is 35.5. The molecule has 12 heteroatoms. The maximum absolute atomic E-state index is 13.6. The van der Waals surface area contributed by atoms with Gasteiger partial charge in [0.25, 0.3) is 5.56 Å². The van der Waals surface area contributed by atoms with Gasteiger partial charge < -0.3 is 19.7 Å². The number of methoxy groups -OCH3 is 1. The Hall–Kier alpha value is -4.74. The lowest BCUT2D eigenvalue weighted by Gasteiger charge is -2.12. The number of hydrogen-bond acceptors (Lipinski definition) is 7. The van der Waals surface area contributed by atoms with E-state index in [2.05, 4.69) is 15.3 Å². The van der Waals surface area contributed by atoms with E-state index in [1.165, 1.54) is 16.2 Å². The molecule has 0 aliphatic heterocycles. The molecule has 0 saturated heterocycles. The monoisotopic (exact) mass is 560 g/mol. The summed E-state index contributed by atoms with van der Waals surface area (Å²) in [5.74, 6) is 0.521. The maximum atomic E-state index is 13.6. The number of carbonyl (C=O) groups excluding carboxylic acids is 1. The Morgan fingerprint density at radius 1 is 1.00 bits per heavy atom. The zero-order valence-corrected chi connectivity index (χ0v) is 22.4. The van der Waals surface area contributed by atoms with Crippen LogP contribution in [0.1, 0.15) is 11.4 Å². The van der Waals surface area contributed by atoms with Crippen LogP contribution >= 0.6 is 11.6 Å². The molecule has 11 nitrogen and oxygen atoms in total. The number of aliphatic hydroxyl groups is 1. The van der Waals surface area contributed by atoms with Crippen LogP contribution in [0.4, 0.5) is 5.82 Å². The molecule has 2 N–H and O–H groups in total. The topological polar surface area (TPSA) is 133 Å². The Morgan fingerprint density at radius 2 is 1.73 bits per heavy atom. The number of imidazole rings is 1. The Balaban J connectivity index is 1.47. The third-order valence-corrected chi connectivity index (χ3v) is 6.66. The van der Waals surface area contributed by atoms with E-state index in [1.54, 1.807) is 61.7 Å². The lowest BCUT2D eigenvalue weighted by atomic mass is 10.1. The van der Waals surface area contributed by atoms with Crippen molar-refractivity contribution < 1.29 is 14.6 Å². The van der Waals surface area contributed by atoms with Gasteiger partial charge in [-0.25, -0.2) is 14.8 Å². The number of ether oxygens (including phenoxy) is 1. The number of nitrogens with one attached hydrogen (secondary N) is 1. The summed E-state index contributed by atoms with van der Waals surface area (Å²) >= 11 is 5.97. The number of pyridine rings is 1. The minimum absolute atomic E-state index is 0.00130. The van der Waals surface area contributed by atoms with E-state index in [1.807, 2.05) is 12.1 Å². The summed E-state index contributed by atoms with van der Waals surface area (Å²) in [4.78, 5) is 48.5. The number of aromatic nitrogens is 5. The van der Waals surface area contributed by atoms with Gasteiger partial charge >= 0.3 is 5.69 Å². The maximum Gasteiger partial charge on any atom is 0.332 e. The van der Waals surface area contributed by atoms with Gasteiger partial charge in [-0.15, -0.1) is 0 Å². The molecule has 0 fully saturated rings. The summed E-state index contributed by atoms with van der Waals surface area (Å²) in [5.41, 5.74) is 1.06. The summed E-state index contributed by atoms with van der Waals surface area (Å²) in [6, 6.07) is 19.3. The Morgan fingerprint density at radius 3 is 2.40 bits per heavy atom. The first-order valence-electron chi connectivity index (χ1n) is 12.2. The summed E-state index contributed by atoms with van der Waals surface area (Å²) in [6.07, 6.45) is 0. The van der Waals surface area contributed by atoms with E-state index in [0.717, 1.165) is 10.1 Å². The Bertz CT molecular complexity index is 1820. The van der Waals surface area contributed by atoms with Crippen molar-refractivity contribution in [1.29, 1.82) is 0 Å². The van der Waals surface area contributed by atoms with Gasteiger partial charge in [-0.3, -0.25) is 18.7 Å². The number of nitrogens with zero attached hydrogens (tertiary/aromatic N) is 5. The van der Waals surface area contributed by atoms with Crippen molar-refractivity contribution in [2.24, 2.45) is 7.05 Å². The first kappa shape index (κ1) is 26.9. The van der Waals surface area contributed by atoms with E-state index in [4.69, 9.17) is 16.3 Å². The van der Waals surface area contributed by atoms with Crippen molar-refractivity contribution in [2.45, 2.75) is 19.7 Å². The predicted octanol–water partition coefficient (Wildman–Crippen LogP) is 2.80. The van der Waals surface area contributed by atoms with Gasteiger partial charge in [-0.1, -0.05) is 41.9 Å². The van der Waals surface area contributed by atoms with Crippen molar-refractivity contribution in [3.05, 3.63) is 104 Å². The van der Waals surface area contributed by atoms with E-state index in [9.17, 15) is 19.5 Å². The third kappa shape index (κ3) is 5.24. The molecule has 2 aromatic carbocycles. The number of aryl methyl sites for hydroxylation is 1. The first-order chi connectivity index (χ1) is 19.3. The van der Waals surface area contributed by atoms with Crippen molar-refractivity contribution >= 4 is 34.5 Å². The number of amides is 1. The molecule has 3 aromatic heterocycles. The fourth-order valence-electron chi connectivity index (χ4n) is 4.37. The number of halogens is 1. The van der Waals surface area contributed by atoms with Crippen LogP contribution in [0, 0.1) is 0 Å². The SMILES string of the molecule is COc1ccc(Cn2c(=O)c3c(nc(CO)n3CC(=O)Nc3cccc(-c4ccc(Cl)cc4)n3)n(C)c2=O)cc1. The Labute approximate surface area is 232 Å². The summed E-state index contributed by atoms with van der Waals surface area (Å²) < 4.78 is 8.79. The second-order valence-corrected chi connectivity index (χ2v) is 9.43. The standard InChI is InChI=1S/C28H25ClN6O5/c1-33-26-25(27(38)35(28(33)39)14-17-6-12-20(40-2)13-7-17)34(23(16-36)32-26)15-24(37)31-22-5-3-4-21(30-22)18-8-10-19(29)11-9-18/h3-13,36H,14-16H2,1-2H3,(H,30,31,37). The molecule has 3 heterocycles. The largest absolute Gasteiger partial charge is 0.497 e. The zero-order valence-electron chi connectivity index (χ0n) is 21.7. The lowest BCUT2D eigenvalue weighted by molar-refractivity contribution is -0.116. The molecule has 0 bridgehead atoms. The summed E-state index contributed by atoms with van der Waals surface area (Å²) in [7, 11) is 3.03. The second-order valence-electron chi connectivity index (χ2n) is 8.99. The molecule has 0 aliphatic carbocycles. The average molecular weight is 561 g/mol. The van der Waals surface area contributed by atoms with Crippen molar-refractivity contribution in [1.82, 2.24) is 23.7 Å². The average Bonchev–Trinajstić information content (AvgIpc) is 3.33. The van der Waals surface area contributed by atoms with E-state index in [-0.39, 0.29) is 30.1 Å². The highest BCUT2D eigenvalue weighted by molar-refractivity contribution is 6.30. The summed E-state index contributed by atoms with van der Waals surface area (Å²) in [5, 5.41) is 13.3. The van der Waals surface area contributed by atoms with Crippen molar-refractivity contribution in [2.75, 3.05) is 12.4 Å². The zero-order chi connectivity index (χ0) is 28.4. The van der Waals surface area contributed by atoms with E-state index >= 15 is 0 Å². The van der Waals surface area contributed by atoms with Gasteiger partial charge in [0.05, 0.1) is 19.3 Å². The van der Waals surface area contributed by atoms with Gasteiger partial charge in [0.2, 0.25) is 5.91 Å². The molecule has 0 spiro atoms. The molecule has 204 valence electrons. The molecule has 5 rings (SSSR count). The van der Waals surface area contributed by atoms with Crippen LogP contribution in [0.3, 0.4) is 0 Å². The van der Waals surface area contributed by atoms with Gasteiger partial charge in [0.15, 0.2) is 11.2 Å². The number of carbonyl (C=O) groups is 1. The van der Waals surface area contributed by atoms with Gasteiger partial charge in [-0.2, -0.15) is 0 Å². The first-order valence-corrected chi connectivity index (χ1v) is 12.6. The minimum Gasteiger partial charge on any atom is -0.497 e. The number of fused-ring (bicyclic) bond motifs is 1. The minimum atomic E-state index is -0.628. The second kappa shape index (κ2) is 11.2. The quantitative estimate of drug-likeness (QED) is 0.298. The molecule has 0 aliphatic rings. The molecular formula is C28H25ClN6O5.